The molecule has 0 aromatic heterocycles. The van der Waals surface area contributed by atoms with E-state index in [1.807, 2.05) is 67.5 Å². The van der Waals surface area contributed by atoms with Crippen LogP contribution in [-0.2, 0) is 16.0 Å². The number of fused-ring (bicyclic) bond motifs is 1. The van der Waals surface area contributed by atoms with E-state index < -0.39 is 5.41 Å². The van der Waals surface area contributed by atoms with Crippen molar-refractivity contribution >= 4 is 23.3 Å². The Morgan fingerprint density at radius 1 is 1.17 bits per heavy atom. The van der Waals surface area contributed by atoms with Gasteiger partial charge < -0.3 is 15.0 Å². The number of hydrogen-bond donors (Lipinski definition) is 1. The van der Waals surface area contributed by atoms with Crippen LogP contribution in [-0.4, -0.2) is 32.6 Å². The minimum atomic E-state index is -0.477. The minimum Gasteiger partial charge on any atom is -0.465 e. The highest BCUT2D eigenvalue weighted by Gasteiger charge is 2.55. The second-order valence-electron chi connectivity index (χ2n) is 8.35. The van der Waals surface area contributed by atoms with Crippen molar-refractivity contribution in [1.82, 2.24) is 0 Å². The van der Waals surface area contributed by atoms with Gasteiger partial charge in [0.15, 0.2) is 0 Å². The van der Waals surface area contributed by atoms with Gasteiger partial charge in [0.2, 0.25) is 0 Å². The number of carbonyl (C=O) groups excluding carboxylic acids is 2. The summed E-state index contributed by atoms with van der Waals surface area (Å²) in [5.74, 6) is -0.0422. The molecule has 2 atom stereocenters. The summed E-state index contributed by atoms with van der Waals surface area (Å²) in [4.78, 5) is 27.0. The summed E-state index contributed by atoms with van der Waals surface area (Å²) in [6.07, 6.45) is 2.18. The lowest BCUT2D eigenvalue weighted by molar-refractivity contribution is -0.146. The Hall–Kier alpha value is -3.08. The average Bonchev–Trinajstić information content (AvgIpc) is 3.17. The van der Waals surface area contributed by atoms with Crippen molar-refractivity contribution in [3.63, 3.8) is 0 Å². The number of rotatable bonds is 5. The van der Waals surface area contributed by atoms with Crippen molar-refractivity contribution in [3.8, 4) is 0 Å². The molecule has 1 aliphatic heterocycles. The molecule has 2 unspecified atom stereocenters. The van der Waals surface area contributed by atoms with E-state index in [2.05, 4.69) is 11.9 Å². The number of amides is 1. The molecule has 5 heteroatoms. The van der Waals surface area contributed by atoms with Crippen LogP contribution < -0.4 is 10.2 Å². The number of hydrogen-bond acceptors (Lipinski definition) is 4. The highest BCUT2D eigenvalue weighted by molar-refractivity contribution is 6.04. The first-order valence-electron chi connectivity index (χ1n) is 9.89. The molecule has 1 heterocycles. The quantitative estimate of drug-likeness (QED) is 0.618. The van der Waals surface area contributed by atoms with E-state index in [4.69, 9.17) is 4.74 Å². The van der Waals surface area contributed by atoms with E-state index in [1.165, 1.54) is 0 Å². The first-order chi connectivity index (χ1) is 13.9. The molecule has 1 N–H and O–H groups in total. The van der Waals surface area contributed by atoms with Gasteiger partial charge in [0.05, 0.1) is 12.0 Å². The number of ether oxygens (including phenoxy) is 1. The molecule has 0 spiro atoms. The predicted molar refractivity (Wildman–Crippen MR) is 114 cm³/mol. The maximum absolute atomic E-state index is 12.6. The van der Waals surface area contributed by atoms with Gasteiger partial charge in [-0.15, -0.1) is 0 Å². The van der Waals surface area contributed by atoms with E-state index in [-0.39, 0.29) is 17.8 Å². The van der Waals surface area contributed by atoms with E-state index >= 15 is 0 Å². The molecular formula is C24H26N2O3. The van der Waals surface area contributed by atoms with Crippen LogP contribution in [0.4, 0.5) is 11.4 Å². The van der Waals surface area contributed by atoms with Crippen molar-refractivity contribution < 1.29 is 14.3 Å². The molecule has 5 nitrogen and oxygen atoms in total. The summed E-state index contributed by atoms with van der Waals surface area (Å²) < 4.78 is 5.35. The molecule has 2 aliphatic rings. The minimum absolute atomic E-state index is 0.107. The fraction of sp³-hybridized carbons (Fsp3) is 0.333. The molecule has 29 heavy (non-hydrogen) atoms. The number of nitrogens with zero attached hydrogens (tertiary/aromatic N) is 1. The Morgan fingerprint density at radius 3 is 2.52 bits per heavy atom. The summed E-state index contributed by atoms with van der Waals surface area (Å²) in [7, 11) is 3.95. The van der Waals surface area contributed by atoms with Gasteiger partial charge in [-0.25, -0.2) is 0 Å². The average molecular weight is 390 g/mol. The fourth-order valence-corrected chi connectivity index (χ4v) is 4.45. The normalized spacial score (nSPS) is 22.9. The third kappa shape index (κ3) is 3.65. The molecule has 2 aromatic rings. The van der Waals surface area contributed by atoms with Gasteiger partial charge in [-0.1, -0.05) is 24.3 Å². The van der Waals surface area contributed by atoms with E-state index in [9.17, 15) is 9.59 Å². The van der Waals surface area contributed by atoms with Crippen molar-refractivity contribution in [2.24, 2.45) is 11.3 Å². The van der Waals surface area contributed by atoms with Crippen LogP contribution in [0.2, 0.25) is 0 Å². The number of esters is 1. The Balaban J connectivity index is 1.44. The smallest absolute Gasteiger partial charge is 0.313 e. The largest absolute Gasteiger partial charge is 0.465 e. The number of anilines is 2. The second kappa shape index (κ2) is 7.39. The molecule has 4 rings (SSSR count). The summed E-state index contributed by atoms with van der Waals surface area (Å²) in [6.45, 7) is 4.58. The highest BCUT2D eigenvalue weighted by Crippen LogP contribution is 2.52. The molecule has 0 radical (unpaired) electrons. The Kier molecular flexibility index (Phi) is 4.91. The van der Waals surface area contributed by atoms with Gasteiger partial charge >= 0.3 is 5.97 Å². The lowest BCUT2D eigenvalue weighted by atomic mass is 9.75. The Bertz CT molecular complexity index is 947. The van der Waals surface area contributed by atoms with E-state index in [0.717, 1.165) is 28.9 Å². The summed E-state index contributed by atoms with van der Waals surface area (Å²) in [5, 5.41) is 2.92. The molecule has 1 amide bonds. The number of cyclic esters (lactones) is 1. The zero-order valence-electron chi connectivity index (χ0n) is 16.9. The zero-order chi connectivity index (χ0) is 20.6. The van der Waals surface area contributed by atoms with Gasteiger partial charge in [-0.2, -0.15) is 0 Å². The van der Waals surface area contributed by atoms with Crippen molar-refractivity contribution in [1.29, 1.82) is 0 Å². The van der Waals surface area contributed by atoms with Crippen LogP contribution in [0.15, 0.2) is 60.7 Å². The number of allylic oxidation sites excluding steroid dienone is 1. The topological polar surface area (TPSA) is 58.6 Å². The molecule has 1 saturated heterocycles. The summed E-state index contributed by atoms with van der Waals surface area (Å²) in [5.41, 5.74) is 4.10. The van der Waals surface area contributed by atoms with Crippen molar-refractivity contribution in [3.05, 3.63) is 71.8 Å². The van der Waals surface area contributed by atoms with Crippen LogP contribution in [0.5, 0.6) is 0 Å². The maximum Gasteiger partial charge on any atom is 0.313 e. The van der Waals surface area contributed by atoms with E-state index in [1.54, 1.807) is 0 Å². The standard InChI is InChI=1S/C24H26N2O3/c1-16-12-19-15-29-23(28)24(19,13-16)14-17-4-6-18(7-5-17)22(27)25-20-8-10-21(11-9-20)26(2)3/h4-11,19H,1,12-15H2,2-3H3,(H,25,27). The molecule has 2 fully saturated rings. The SMILES string of the molecule is C=C1CC2COC(=O)C2(Cc2ccc(C(=O)Nc3ccc(N(C)C)cc3)cc2)C1. The second-order valence-corrected chi connectivity index (χ2v) is 8.35. The van der Waals surface area contributed by atoms with Crippen molar-refractivity contribution in [2.45, 2.75) is 19.3 Å². The van der Waals surface area contributed by atoms with Gasteiger partial charge in [-0.3, -0.25) is 9.59 Å². The van der Waals surface area contributed by atoms with Crippen LogP contribution in [0, 0.1) is 11.3 Å². The molecule has 2 aromatic carbocycles. The predicted octanol–water partition coefficient (Wildman–Crippen LogP) is 4.06. The van der Waals surface area contributed by atoms with Crippen LogP contribution in [0.1, 0.15) is 28.8 Å². The monoisotopic (exact) mass is 390 g/mol. The lowest BCUT2D eigenvalue weighted by Crippen LogP contribution is -2.31. The zero-order valence-corrected chi connectivity index (χ0v) is 16.9. The summed E-state index contributed by atoms with van der Waals surface area (Å²) >= 11 is 0. The third-order valence-corrected chi connectivity index (χ3v) is 6.08. The molecule has 1 saturated carbocycles. The van der Waals surface area contributed by atoms with Gasteiger partial charge in [-0.05, 0) is 61.2 Å². The lowest BCUT2D eigenvalue weighted by Gasteiger charge is -2.24. The summed E-state index contributed by atoms with van der Waals surface area (Å²) in [6, 6.07) is 15.2. The van der Waals surface area contributed by atoms with Crippen molar-refractivity contribution in [2.75, 3.05) is 30.9 Å². The van der Waals surface area contributed by atoms with Crippen LogP contribution in [0.3, 0.4) is 0 Å². The highest BCUT2D eigenvalue weighted by atomic mass is 16.5. The molecule has 1 aliphatic carbocycles. The maximum atomic E-state index is 12.6. The van der Waals surface area contributed by atoms with Crippen LogP contribution in [0.25, 0.3) is 0 Å². The van der Waals surface area contributed by atoms with Gasteiger partial charge in [0.1, 0.15) is 0 Å². The Morgan fingerprint density at radius 2 is 1.86 bits per heavy atom. The molecule has 150 valence electrons. The number of benzene rings is 2. The molecular weight excluding hydrogens is 364 g/mol. The fourth-order valence-electron chi connectivity index (χ4n) is 4.45. The van der Waals surface area contributed by atoms with E-state index in [0.29, 0.717) is 25.0 Å². The molecule has 0 bridgehead atoms. The van der Waals surface area contributed by atoms with Crippen LogP contribution >= 0.6 is 0 Å². The van der Waals surface area contributed by atoms with Gasteiger partial charge in [0.25, 0.3) is 5.91 Å². The third-order valence-electron chi connectivity index (χ3n) is 6.08. The first-order valence-corrected chi connectivity index (χ1v) is 9.89. The first kappa shape index (κ1) is 19.2. The van der Waals surface area contributed by atoms with Gasteiger partial charge in [0, 0.05) is 37.0 Å². The number of nitrogens with one attached hydrogen (secondary N) is 1. The number of carbonyl (C=O) groups is 2. The Labute approximate surface area is 171 Å².